The van der Waals surface area contributed by atoms with Gasteiger partial charge in [-0.15, -0.1) is 0 Å². The van der Waals surface area contributed by atoms with Crippen LogP contribution in [0, 0.1) is 6.92 Å². The molecule has 1 aromatic heterocycles. The third kappa shape index (κ3) is 2.25. The molecule has 5 nitrogen and oxygen atoms in total. The molecule has 3 rings (SSSR count). The Morgan fingerprint density at radius 1 is 1.40 bits per heavy atom. The van der Waals surface area contributed by atoms with Crippen LogP contribution in [0.4, 0.5) is 5.69 Å². The molecule has 0 saturated carbocycles. The van der Waals surface area contributed by atoms with Crippen LogP contribution in [-0.4, -0.2) is 29.3 Å². The highest BCUT2D eigenvalue weighted by atomic mass is 79.9. The van der Waals surface area contributed by atoms with Gasteiger partial charge in [0.2, 0.25) is 5.88 Å². The van der Waals surface area contributed by atoms with E-state index in [1.54, 1.807) is 11.1 Å². The molecular weight excluding hydrogens is 390 g/mol. The maximum Gasteiger partial charge on any atom is 0.258 e. The van der Waals surface area contributed by atoms with E-state index in [2.05, 4.69) is 42.1 Å². The molecule has 104 valence electrons. The van der Waals surface area contributed by atoms with Crippen molar-refractivity contribution < 1.29 is 9.53 Å². The molecule has 0 unspecified atom stereocenters. The van der Waals surface area contributed by atoms with Crippen molar-refractivity contribution in [3.63, 3.8) is 0 Å². The van der Waals surface area contributed by atoms with E-state index in [4.69, 9.17) is 4.74 Å². The summed E-state index contributed by atoms with van der Waals surface area (Å²) in [6.07, 6.45) is 1.60. The average Bonchev–Trinajstić information content (AvgIpc) is 2.91. The molecule has 1 aliphatic heterocycles. The van der Waals surface area contributed by atoms with Crippen LogP contribution in [0.3, 0.4) is 0 Å². The molecule has 0 radical (unpaired) electrons. The fourth-order valence-corrected chi connectivity index (χ4v) is 3.25. The summed E-state index contributed by atoms with van der Waals surface area (Å²) < 4.78 is 7.21. The molecule has 0 fully saturated rings. The molecule has 0 spiro atoms. The van der Waals surface area contributed by atoms with Crippen LogP contribution < -0.4 is 9.64 Å². The second-order valence-corrected chi connectivity index (χ2v) is 6.16. The minimum absolute atomic E-state index is 0.0719. The molecular formula is C13H11Br2N3O2. The molecule has 7 heteroatoms. The largest absolute Gasteiger partial charge is 0.475 e. The first kappa shape index (κ1) is 13.6. The molecule has 0 saturated heterocycles. The number of benzene rings is 1. The van der Waals surface area contributed by atoms with E-state index in [9.17, 15) is 4.79 Å². The number of nitrogens with one attached hydrogen (secondary N) is 1. The van der Waals surface area contributed by atoms with E-state index in [-0.39, 0.29) is 5.91 Å². The molecule has 1 aromatic carbocycles. The molecule has 1 N–H and O–H groups in total. The smallest absolute Gasteiger partial charge is 0.258 e. The highest BCUT2D eigenvalue weighted by Gasteiger charge is 2.26. The van der Waals surface area contributed by atoms with Gasteiger partial charge in [-0.1, -0.05) is 31.9 Å². The van der Waals surface area contributed by atoms with Crippen LogP contribution >= 0.6 is 31.9 Å². The van der Waals surface area contributed by atoms with Crippen molar-refractivity contribution in [2.45, 2.75) is 6.92 Å². The van der Waals surface area contributed by atoms with Crippen molar-refractivity contribution in [1.82, 2.24) is 10.2 Å². The first-order chi connectivity index (χ1) is 9.58. The van der Waals surface area contributed by atoms with Gasteiger partial charge in [-0.2, -0.15) is 5.10 Å². The van der Waals surface area contributed by atoms with Crippen molar-refractivity contribution in [3.05, 3.63) is 38.4 Å². The lowest BCUT2D eigenvalue weighted by Gasteiger charge is -2.26. The summed E-state index contributed by atoms with van der Waals surface area (Å²) in [5.74, 6) is 0.465. The SMILES string of the molecule is Cc1c(Br)cc(C(=O)N2CCOc3[nH]ncc32)cc1Br. The standard InChI is InChI=1S/C13H11Br2N3O2/c1-7-9(14)4-8(5-10(7)15)13(19)18-2-3-20-12-11(18)6-16-17-12/h4-6H,2-3H2,1H3,(H,16,17). The highest BCUT2D eigenvalue weighted by Crippen LogP contribution is 2.32. The van der Waals surface area contributed by atoms with Gasteiger partial charge in [0.25, 0.3) is 5.91 Å². The highest BCUT2D eigenvalue weighted by molar-refractivity contribution is 9.11. The topological polar surface area (TPSA) is 58.2 Å². The Hall–Kier alpha value is -1.34. The van der Waals surface area contributed by atoms with Gasteiger partial charge in [0.1, 0.15) is 12.3 Å². The van der Waals surface area contributed by atoms with Gasteiger partial charge in [-0.3, -0.25) is 9.69 Å². The lowest BCUT2D eigenvalue weighted by molar-refractivity contribution is 0.0976. The Kier molecular flexibility index (Phi) is 3.55. The van der Waals surface area contributed by atoms with Crippen molar-refractivity contribution in [1.29, 1.82) is 0 Å². The molecule has 1 amide bonds. The van der Waals surface area contributed by atoms with Gasteiger partial charge in [0.15, 0.2) is 0 Å². The number of amides is 1. The second-order valence-electron chi connectivity index (χ2n) is 4.45. The Morgan fingerprint density at radius 2 is 2.10 bits per heavy atom. The van der Waals surface area contributed by atoms with Crippen LogP contribution in [-0.2, 0) is 0 Å². The van der Waals surface area contributed by atoms with E-state index in [0.717, 1.165) is 14.5 Å². The predicted octanol–water partition coefficient (Wildman–Crippen LogP) is 3.28. The zero-order valence-electron chi connectivity index (χ0n) is 10.6. The maximum atomic E-state index is 12.7. The van der Waals surface area contributed by atoms with Gasteiger partial charge in [-0.25, -0.2) is 5.10 Å². The zero-order valence-corrected chi connectivity index (χ0v) is 13.8. The number of halogens is 2. The molecule has 2 aromatic rings. The lowest BCUT2D eigenvalue weighted by Crippen LogP contribution is -2.37. The van der Waals surface area contributed by atoms with E-state index < -0.39 is 0 Å². The van der Waals surface area contributed by atoms with Crippen LogP contribution in [0.15, 0.2) is 27.3 Å². The van der Waals surface area contributed by atoms with Crippen LogP contribution in [0.1, 0.15) is 15.9 Å². The van der Waals surface area contributed by atoms with Gasteiger partial charge in [0.05, 0.1) is 12.7 Å². The third-order valence-corrected chi connectivity index (χ3v) is 4.86. The number of nitrogens with zero attached hydrogens (tertiary/aromatic N) is 2. The van der Waals surface area contributed by atoms with Gasteiger partial charge in [0, 0.05) is 14.5 Å². The minimum Gasteiger partial charge on any atom is -0.475 e. The minimum atomic E-state index is -0.0719. The summed E-state index contributed by atoms with van der Waals surface area (Å²) in [6, 6.07) is 3.66. The van der Waals surface area contributed by atoms with Crippen LogP contribution in [0.25, 0.3) is 0 Å². The fraction of sp³-hybridized carbons (Fsp3) is 0.231. The molecule has 20 heavy (non-hydrogen) atoms. The number of carbonyl (C=O) groups is 1. The number of hydrogen-bond donors (Lipinski definition) is 1. The fourth-order valence-electron chi connectivity index (χ4n) is 2.06. The molecule has 0 aliphatic carbocycles. The summed E-state index contributed by atoms with van der Waals surface area (Å²) >= 11 is 6.94. The Balaban J connectivity index is 1.99. The van der Waals surface area contributed by atoms with Crippen molar-refractivity contribution in [2.24, 2.45) is 0 Å². The van der Waals surface area contributed by atoms with Gasteiger partial charge < -0.3 is 4.74 Å². The van der Waals surface area contributed by atoms with Crippen molar-refractivity contribution in [3.8, 4) is 5.88 Å². The van der Waals surface area contributed by atoms with Crippen molar-refractivity contribution in [2.75, 3.05) is 18.1 Å². The van der Waals surface area contributed by atoms with Crippen LogP contribution in [0.5, 0.6) is 5.88 Å². The average molecular weight is 401 g/mol. The van der Waals surface area contributed by atoms with Crippen LogP contribution in [0.2, 0.25) is 0 Å². The summed E-state index contributed by atoms with van der Waals surface area (Å²) in [5.41, 5.74) is 2.35. The molecule has 0 bridgehead atoms. The Labute approximate surface area is 132 Å². The number of rotatable bonds is 1. The Bertz CT molecular complexity index is 661. The first-order valence-electron chi connectivity index (χ1n) is 6.01. The van der Waals surface area contributed by atoms with Gasteiger partial charge in [-0.05, 0) is 24.6 Å². The predicted molar refractivity (Wildman–Crippen MR) is 82.3 cm³/mol. The normalized spacial score (nSPS) is 13.8. The number of H-pyrrole nitrogens is 1. The number of aromatic nitrogens is 2. The zero-order chi connectivity index (χ0) is 14.3. The number of hydrogen-bond acceptors (Lipinski definition) is 3. The summed E-state index contributed by atoms with van der Waals surface area (Å²) in [6.45, 7) is 2.94. The number of carbonyl (C=O) groups excluding carboxylic acids is 1. The number of anilines is 1. The number of aromatic amines is 1. The summed E-state index contributed by atoms with van der Waals surface area (Å²) in [4.78, 5) is 14.3. The monoisotopic (exact) mass is 399 g/mol. The number of fused-ring (bicyclic) bond motifs is 1. The van der Waals surface area contributed by atoms with E-state index in [1.807, 2.05) is 19.1 Å². The summed E-state index contributed by atoms with van der Waals surface area (Å²) in [5, 5.41) is 6.66. The lowest BCUT2D eigenvalue weighted by atomic mass is 10.1. The molecule has 1 aliphatic rings. The van der Waals surface area contributed by atoms with Gasteiger partial charge >= 0.3 is 0 Å². The summed E-state index contributed by atoms with van der Waals surface area (Å²) in [7, 11) is 0. The molecule has 2 heterocycles. The second kappa shape index (κ2) is 5.21. The maximum absolute atomic E-state index is 12.7. The Morgan fingerprint density at radius 3 is 2.80 bits per heavy atom. The van der Waals surface area contributed by atoms with Crippen molar-refractivity contribution >= 4 is 43.5 Å². The molecule has 0 atom stereocenters. The quantitative estimate of drug-likeness (QED) is 0.798. The third-order valence-electron chi connectivity index (χ3n) is 3.21. The van der Waals surface area contributed by atoms with E-state index >= 15 is 0 Å². The van der Waals surface area contributed by atoms with E-state index in [0.29, 0.717) is 30.3 Å². The number of ether oxygens (including phenoxy) is 1. The van der Waals surface area contributed by atoms with E-state index in [1.165, 1.54) is 0 Å². The first-order valence-corrected chi connectivity index (χ1v) is 7.60.